The Morgan fingerprint density at radius 1 is 0.840 bits per heavy atom. The van der Waals surface area contributed by atoms with E-state index in [9.17, 15) is 19.8 Å². The highest BCUT2D eigenvalue weighted by Gasteiger charge is 2.18. The third-order valence-corrected chi connectivity index (χ3v) is 4.10. The van der Waals surface area contributed by atoms with Crippen molar-refractivity contribution in [1.29, 1.82) is 0 Å². The van der Waals surface area contributed by atoms with Gasteiger partial charge in [-0.15, -0.1) is 0 Å². The fourth-order valence-corrected chi connectivity index (χ4v) is 2.94. The van der Waals surface area contributed by atoms with Gasteiger partial charge in [-0.1, -0.05) is 0 Å². The van der Waals surface area contributed by atoms with Crippen molar-refractivity contribution >= 4 is 21.9 Å². The SMILES string of the molecule is Cc1cc(=O)oc2cc(O)c(-c3c(O)ccc4ccc(=O)oc34)cc12. The Kier molecular flexibility index (Phi) is 3.15. The molecule has 0 saturated carbocycles. The van der Waals surface area contributed by atoms with Crippen LogP contribution in [0.4, 0.5) is 0 Å². The van der Waals surface area contributed by atoms with Gasteiger partial charge in [0.2, 0.25) is 0 Å². The van der Waals surface area contributed by atoms with Crippen LogP contribution in [0, 0.1) is 6.92 Å². The number of phenols is 2. The van der Waals surface area contributed by atoms with Crippen LogP contribution in [0.15, 0.2) is 60.9 Å². The van der Waals surface area contributed by atoms with Crippen molar-refractivity contribution < 1.29 is 19.0 Å². The van der Waals surface area contributed by atoms with Gasteiger partial charge in [0.15, 0.2) is 0 Å². The lowest BCUT2D eigenvalue weighted by Crippen LogP contribution is -1.98. The van der Waals surface area contributed by atoms with Crippen molar-refractivity contribution in [2.24, 2.45) is 0 Å². The molecule has 0 aliphatic carbocycles. The molecule has 0 fully saturated rings. The third-order valence-electron chi connectivity index (χ3n) is 4.10. The zero-order valence-electron chi connectivity index (χ0n) is 13.1. The topological polar surface area (TPSA) is 101 Å². The summed E-state index contributed by atoms with van der Waals surface area (Å²) in [4.78, 5) is 23.1. The summed E-state index contributed by atoms with van der Waals surface area (Å²) in [6.45, 7) is 1.74. The van der Waals surface area contributed by atoms with Gasteiger partial charge in [0.1, 0.15) is 22.7 Å². The Morgan fingerprint density at radius 2 is 1.60 bits per heavy atom. The standard InChI is InChI=1S/C19H12O6/c1-9-6-17(23)24-15-8-14(21)12(7-11(9)15)18-13(20)4-2-10-3-5-16(22)25-19(10)18/h2-8,20-21H,1H3. The fraction of sp³-hybridized carbons (Fsp3) is 0.0526. The maximum absolute atomic E-state index is 11.6. The molecule has 2 aromatic heterocycles. The largest absolute Gasteiger partial charge is 0.507 e. The van der Waals surface area contributed by atoms with Crippen molar-refractivity contribution in [3.63, 3.8) is 0 Å². The molecule has 0 unspecified atom stereocenters. The minimum absolute atomic E-state index is 0.147. The van der Waals surface area contributed by atoms with Crippen LogP contribution in [0.25, 0.3) is 33.1 Å². The van der Waals surface area contributed by atoms with Crippen LogP contribution in [-0.4, -0.2) is 10.2 Å². The highest BCUT2D eigenvalue weighted by atomic mass is 16.4. The minimum Gasteiger partial charge on any atom is -0.507 e. The van der Waals surface area contributed by atoms with E-state index in [1.54, 1.807) is 25.1 Å². The Bertz CT molecular complexity index is 1260. The first-order valence-corrected chi connectivity index (χ1v) is 7.48. The molecule has 6 heteroatoms. The second-order valence-electron chi connectivity index (χ2n) is 5.75. The monoisotopic (exact) mass is 336 g/mol. The quantitative estimate of drug-likeness (QED) is 0.517. The van der Waals surface area contributed by atoms with E-state index in [0.717, 1.165) is 0 Å². The van der Waals surface area contributed by atoms with Crippen LogP contribution in [0.1, 0.15) is 5.56 Å². The van der Waals surface area contributed by atoms with Crippen molar-refractivity contribution in [1.82, 2.24) is 0 Å². The first-order chi connectivity index (χ1) is 11.9. The Labute approximate surface area is 140 Å². The lowest BCUT2D eigenvalue weighted by Gasteiger charge is -2.11. The van der Waals surface area contributed by atoms with Gasteiger partial charge in [-0.3, -0.25) is 0 Å². The van der Waals surface area contributed by atoms with Gasteiger partial charge in [-0.05, 0) is 36.8 Å². The number of hydrogen-bond donors (Lipinski definition) is 2. The molecule has 0 saturated heterocycles. The molecule has 6 nitrogen and oxygen atoms in total. The minimum atomic E-state index is -0.568. The first kappa shape index (κ1) is 15.0. The molecule has 124 valence electrons. The summed E-state index contributed by atoms with van der Waals surface area (Å²) in [5, 5.41) is 21.9. The number of fused-ring (bicyclic) bond motifs is 2. The van der Waals surface area contributed by atoms with E-state index in [0.29, 0.717) is 16.3 Å². The van der Waals surface area contributed by atoms with Gasteiger partial charge in [0.05, 0.1) is 5.56 Å². The molecule has 4 rings (SSSR count). The van der Waals surface area contributed by atoms with Crippen LogP contribution in [0.2, 0.25) is 0 Å². The average Bonchev–Trinajstić information content (AvgIpc) is 2.54. The second-order valence-corrected chi connectivity index (χ2v) is 5.75. The highest BCUT2D eigenvalue weighted by Crippen LogP contribution is 2.42. The lowest BCUT2D eigenvalue weighted by molar-refractivity contribution is 0.466. The van der Waals surface area contributed by atoms with E-state index >= 15 is 0 Å². The summed E-state index contributed by atoms with van der Waals surface area (Å²) in [6, 6.07) is 10.2. The molecule has 0 spiro atoms. The summed E-state index contributed by atoms with van der Waals surface area (Å²) >= 11 is 0. The predicted octanol–water partition coefficient (Wildman–Crippen LogP) is 3.29. The van der Waals surface area contributed by atoms with Gasteiger partial charge in [0, 0.05) is 34.5 Å². The van der Waals surface area contributed by atoms with Crippen molar-refractivity contribution in [3.05, 3.63) is 68.9 Å². The van der Waals surface area contributed by atoms with Crippen molar-refractivity contribution in [2.75, 3.05) is 0 Å². The zero-order valence-corrected chi connectivity index (χ0v) is 13.1. The zero-order chi connectivity index (χ0) is 17.7. The van der Waals surface area contributed by atoms with E-state index in [4.69, 9.17) is 8.83 Å². The molecule has 0 radical (unpaired) electrons. The smallest absolute Gasteiger partial charge is 0.336 e. The Hall–Kier alpha value is -3.54. The number of benzene rings is 2. The number of rotatable bonds is 1. The summed E-state index contributed by atoms with van der Waals surface area (Å²) in [7, 11) is 0. The van der Waals surface area contributed by atoms with E-state index in [1.807, 2.05) is 0 Å². The van der Waals surface area contributed by atoms with Gasteiger partial charge >= 0.3 is 11.3 Å². The average molecular weight is 336 g/mol. The Balaban J connectivity index is 2.15. The predicted molar refractivity (Wildman–Crippen MR) is 92.0 cm³/mol. The number of hydrogen-bond acceptors (Lipinski definition) is 6. The van der Waals surface area contributed by atoms with Crippen LogP contribution < -0.4 is 11.3 Å². The maximum Gasteiger partial charge on any atom is 0.336 e. The van der Waals surface area contributed by atoms with Crippen LogP contribution in [-0.2, 0) is 0 Å². The number of phenolic OH excluding ortho intramolecular Hbond substituents is 2. The maximum atomic E-state index is 11.6. The summed E-state index contributed by atoms with van der Waals surface area (Å²) in [5.41, 5.74) is 0.429. The van der Waals surface area contributed by atoms with Gasteiger partial charge in [-0.2, -0.15) is 0 Å². The summed E-state index contributed by atoms with van der Waals surface area (Å²) in [6.07, 6.45) is 0. The molecule has 0 aliphatic heterocycles. The molecule has 2 N–H and O–H groups in total. The second kappa shape index (κ2) is 5.24. The first-order valence-electron chi connectivity index (χ1n) is 7.48. The third kappa shape index (κ3) is 2.35. The molecule has 0 bridgehead atoms. The van der Waals surface area contributed by atoms with Crippen LogP contribution in [0.5, 0.6) is 11.5 Å². The molecule has 0 amide bonds. The fourth-order valence-electron chi connectivity index (χ4n) is 2.94. The van der Waals surface area contributed by atoms with E-state index in [1.165, 1.54) is 24.3 Å². The van der Waals surface area contributed by atoms with E-state index in [-0.39, 0.29) is 33.8 Å². The van der Waals surface area contributed by atoms with Gasteiger partial charge in [0.25, 0.3) is 0 Å². The van der Waals surface area contributed by atoms with E-state index in [2.05, 4.69) is 0 Å². The van der Waals surface area contributed by atoms with E-state index < -0.39 is 11.3 Å². The number of aromatic hydroxyl groups is 2. The van der Waals surface area contributed by atoms with Gasteiger partial charge in [-0.25, -0.2) is 9.59 Å². The van der Waals surface area contributed by atoms with Crippen LogP contribution in [0.3, 0.4) is 0 Å². The molecule has 4 aromatic rings. The van der Waals surface area contributed by atoms with Crippen molar-refractivity contribution in [3.8, 4) is 22.6 Å². The van der Waals surface area contributed by atoms with Crippen LogP contribution >= 0.6 is 0 Å². The summed E-state index contributed by atoms with van der Waals surface area (Å²) < 4.78 is 10.3. The van der Waals surface area contributed by atoms with Gasteiger partial charge < -0.3 is 19.0 Å². The molecule has 25 heavy (non-hydrogen) atoms. The normalized spacial score (nSPS) is 11.2. The Morgan fingerprint density at radius 3 is 2.40 bits per heavy atom. The molecular weight excluding hydrogens is 324 g/mol. The molecule has 2 heterocycles. The molecule has 0 atom stereocenters. The molecule has 2 aromatic carbocycles. The lowest BCUT2D eigenvalue weighted by atomic mass is 9.98. The highest BCUT2D eigenvalue weighted by molar-refractivity contribution is 6.00. The summed E-state index contributed by atoms with van der Waals surface area (Å²) in [5.74, 6) is -0.359. The number of aryl methyl sites for hydroxylation is 1. The molecular formula is C19H12O6. The van der Waals surface area contributed by atoms with Crippen molar-refractivity contribution in [2.45, 2.75) is 6.92 Å². The molecule has 0 aliphatic rings.